The second kappa shape index (κ2) is 5.12. The van der Waals surface area contributed by atoms with Crippen LogP contribution < -0.4 is 0 Å². The van der Waals surface area contributed by atoms with E-state index in [9.17, 15) is 0 Å². The van der Waals surface area contributed by atoms with Gasteiger partial charge in [0.1, 0.15) is 0 Å². The van der Waals surface area contributed by atoms with Crippen LogP contribution in [0, 0.1) is 0 Å². The summed E-state index contributed by atoms with van der Waals surface area (Å²) in [6.07, 6.45) is 0. The van der Waals surface area contributed by atoms with Gasteiger partial charge in [0.05, 0.1) is 0 Å². The van der Waals surface area contributed by atoms with Crippen molar-refractivity contribution >= 4 is 21.8 Å². The zero-order chi connectivity index (χ0) is 17.0. The third kappa shape index (κ3) is 2.67. The van der Waals surface area contributed by atoms with Gasteiger partial charge in [-0.3, -0.25) is 0 Å². The van der Waals surface area contributed by atoms with Gasteiger partial charge in [0.2, 0.25) is 0 Å². The summed E-state index contributed by atoms with van der Waals surface area (Å²) in [5, 5.41) is 2.78. The fraction of sp³-hybridized carbons (Fsp3) is 0.455. The van der Waals surface area contributed by atoms with Gasteiger partial charge in [0.15, 0.2) is 0 Å². The molecule has 0 saturated heterocycles. The van der Waals surface area contributed by atoms with Gasteiger partial charge < -0.3 is 4.57 Å². The van der Waals surface area contributed by atoms with Gasteiger partial charge in [-0.1, -0.05) is 53.7 Å². The molecule has 0 bridgehead atoms. The number of nitrogens with zero attached hydrogens (tertiary/aromatic N) is 1. The highest BCUT2D eigenvalue weighted by Crippen LogP contribution is 2.35. The molecule has 0 unspecified atom stereocenters. The molecule has 23 heavy (non-hydrogen) atoms. The summed E-state index contributed by atoms with van der Waals surface area (Å²) in [6, 6.07) is 14.0. The summed E-state index contributed by atoms with van der Waals surface area (Å²) in [5.74, 6) is 0. The molecule has 1 heterocycles. The van der Waals surface area contributed by atoms with Crippen LogP contribution in [0.5, 0.6) is 0 Å². The van der Waals surface area contributed by atoms with Crippen molar-refractivity contribution < 1.29 is 0 Å². The molecule has 0 amide bonds. The third-order valence-electron chi connectivity index (χ3n) is 4.91. The van der Waals surface area contributed by atoms with Gasteiger partial charge in [0.25, 0.3) is 0 Å². The standard InChI is InChI=1S/C22H29N/c1-8-23-19-11-9-15(21(2,3)4)13-17(19)18-14-16(22(5,6)7)10-12-20(18)23/h9-14H,8H2,1-7H3. The fourth-order valence-corrected chi connectivity index (χ4v) is 3.38. The highest BCUT2D eigenvalue weighted by molar-refractivity contribution is 6.08. The molecular formula is C22H29N. The van der Waals surface area contributed by atoms with Crippen LogP contribution in [0.3, 0.4) is 0 Å². The second-order valence-corrected chi connectivity index (χ2v) is 8.71. The van der Waals surface area contributed by atoms with E-state index in [0.29, 0.717) is 0 Å². The van der Waals surface area contributed by atoms with Crippen molar-refractivity contribution in [2.24, 2.45) is 0 Å². The maximum absolute atomic E-state index is 2.43. The average molecular weight is 307 g/mol. The molecule has 3 aromatic rings. The van der Waals surface area contributed by atoms with Gasteiger partial charge in [-0.25, -0.2) is 0 Å². The zero-order valence-electron chi connectivity index (χ0n) is 15.6. The quantitative estimate of drug-likeness (QED) is 0.489. The number of benzene rings is 2. The third-order valence-corrected chi connectivity index (χ3v) is 4.91. The Bertz CT molecular complexity index is 795. The van der Waals surface area contributed by atoms with Crippen LogP contribution in [0.4, 0.5) is 0 Å². The first kappa shape index (κ1) is 16.1. The number of aryl methyl sites for hydroxylation is 1. The minimum absolute atomic E-state index is 0.177. The van der Waals surface area contributed by atoms with E-state index < -0.39 is 0 Å². The Hall–Kier alpha value is -1.76. The number of fused-ring (bicyclic) bond motifs is 3. The summed E-state index contributed by atoms with van der Waals surface area (Å²) >= 11 is 0. The Labute approximate surface area is 140 Å². The first-order valence-electron chi connectivity index (χ1n) is 8.70. The molecule has 2 aromatic carbocycles. The topological polar surface area (TPSA) is 4.93 Å². The minimum Gasteiger partial charge on any atom is -0.341 e. The normalized spacial score (nSPS) is 13.2. The van der Waals surface area contributed by atoms with Crippen molar-refractivity contribution in [1.82, 2.24) is 4.57 Å². The van der Waals surface area contributed by atoms with Crippen LogP contribution in [0.1, 0.15) is 59.6 Å². The van der Waals surface area contributed by atoms with Crippen LogP contribution in [-0.2, 0) is 17.4 Å². The lowest BCUT2D eigenvalue weighted by molar-refractivity contribution is 0.590. The molecule has 1 aromatic heterocycles. The Kier molecular flexibility index (Phi) is 3.59. The highest BCUT2D eigenvalue weighted by Gasteiger charge is 2.19. The average Bonchev–Trinajstić information content (AvgIpc) is 2.77. The lowest BCUT2D eigenvalue weighted by Gasteiger charge is -2.19. The van der Waals surface area contributed by atoms with Gasteiger partial charge in [-0.2, -0.15) is 0 Å². The van der Waals surface area contributed by atoms with Crippen molar-refractivity contribution in [3.8, 4) is 0 Å². The van der Waals surface area contributed by atoms with Gasteiger partial charge in [0, 0.05) is 28.4 Å². The van der Waals surface area contributed by atoms with Crippen molar-refractivity contribution in [2.75, 3.05) is 0 Å². The molecule has 1 heteroatoms. The number of rotatable bonds is 1. The number of hydrogen-bond acceptors (Lipinski definition) is 0. The lowest BCUT2D eigenvalue weighted by Crippen LogP contribution is -2.10. The molecule has 1 nitrogen and oxygen atoms in total. The van der Waals surface area contributed by atoms with Crippen molar-refractivity contribution in [2.45, 2.75) is 65.8 Å². The largest absolute Gasteiger partial charge is 0.341 e. The van der Waals surface area contributed by atoms with Crippen molar-refractivity contribution in [3.63, 3.8) is 0 Å². The molecular weight excluding hydrogens is 278 g/mol. The van der Waals surface area contributed by atoms with Crippen LogP contribution in [0.2, 0.25) is 0 Å². The van der Waals surface area contributed by atoms with E-state index in [4.69, 9.17) is 0 Å². The zero-order valence-corrected chi connectivity index (χ0v) is 15.6. The molecule has 0 aliphatic carbocycles. The summed E-state index contributed by atoms with van der Waals surface area (Å²) in [4.78, 5) is 0. The predicted octanol–water partition coefficient (Wildman–Crippen LogP) is 6.41. The van der Waals surface area contributed by atoms with Crippen LogP contribution in [0.15, 0.2) is 36.4 Å². The van der Waals surface area contributed by atoms with E-state index in [0.717, 1.165) is 6.54 Å². The van der Waals surface area contributed by atoms with E-state index in [1.165, 1.54) is 32.9 Å². The fourth-order valence-electron chi connectivity index (χ4n) is 3.38. The molecule has 0 aliphatic rings. The molecule has 0 spiro atoms. The first-order valence-corrected chi connectivity index (χ1v) is 8.70. The van der Waals surface area contributed by atoms with E-state index >= 15 is 0 Å². The van der Waals surface area contributed by atoms with Crippen LogP contribution in [0.25, 0.3) is 21.8 Å². The van der Waals surface area contributed by atoms with E-state index in [-0.39, 0.29) is 10.8 Å². The monoisotopic (exact) mass is 307 g/mol. The Balaban J connectivity index is 2.40. The molecule has 0 N–H and O–H groups in total. The maximum Gasteiger partial charge on any atom is 0.0491 e. The first-order chi connectivity index (χ1) is 10.6. The number of aromatic nitrogens is 1. The molecule has 0 fully saturated rings. The molecule has 122 valence electrons. The summed E-state index contributed by atoms with van der Waals surface area (Å²) in [6.45, 7) is 16.9. The summed E-state index contributed by atoms with van der Waals surface area (Å²) in [7, 11) is 0. The Morgan fingerprint density at radius 1 is 0.696 bits per heavy atom. The summed E-state index contributed by atoms with van der Waals surface area (Å²) in [5.41, 5.74) is 5.86. The van der Waals surface area contributed by atoms with Crippen LogP contribution in [-0.4, -0.2) is 4.57 Å². The van der Waals surface area contributed by atoms with Gasteiger partial charge in [-0.15, -0.1) is 0 Å². The molecule has 0 saturated carbocycles. The highest BCUT2D eigenvalue weighted by atomic mass is 15.0. The van der Waals surface area contributed by atoms with E-state index in [1.807, 2.05) is 0 Å². The molecule has 0 aliphatic heterocycles. The maximum atomic E-state index is 2.43. The second-order valence-electron chi connectivity index (χ2n) is 8.71. The van der Waals surface area contributed by atoms with Crippen molar-refractivity contribution in [3.05, 3.63) is 47.5 Å². The smallest absolute Gasteiger partial charge is 0.0491 e. The molecule has 0 radical (unpaired) electrons. The molecule has 0 atom stereocenters. The van der Waals surface area contributed by atoms with Crippen molar-refractivity contribution in [1.29, 1.82) is 0 Å². The van der Waals surface area contributed by atoms with Gasteiger partial charge >= 0.3 is 0 Å². The predicted molar refractivity (Wildman–Crippen MR) is 103 cm³/mol. The van der Waals surface area contributed by atoms with E-state index in [1.54, 1.807) is 0 Å². The number of hydrogen-bond donors (Lipinski definition) is 0. The lowest BCUT2D eigenvalue weighted by atomic mass is 9.85. The summed E-state index contributed by atoms with van der Waals surface area (Å²) < 4.78 is 2.43. The molecule has 3 rings (SSSR count). The minimum atomic E-state index is 0.177. The van der Waals surface area contributed by atoms with Crippen LogP contribution >= 0.6 is 0 Å². The Morgan fingerprint density at radius 3 is 1.39 bits per heavy atom. The van der Waals surface area contributed by atoms with Gasteiger partial charge in [-0.05, 0) is 53.1 Å². The SMILES string of the molecule is CCn1c2ccc(C(C)(C)C)cc2c2cc(C(C)(C)C)ccc21. The Morgan fingerprint density at radius 2 is 1.09 bits per heavy atom. The van der Waals surface area contributed by atoms with E-state index in [2.05, 4.69) is 89.4 Å².